The second-order valence-corrected chi connectivity index (χ2v) is 11.0. The fourth-order valence-electron chi connectivity index (χ4n) is 6.67. The summed E-state index contributed by atoms with van der Waals surface area (Å²) in [6, 6.07) is 4.30. The van der Waals surface area contributed by atoms with Crippen molar-refractivity contribution in [3.63, 3.8) is 0 Å². The van der Waals surface area contributed by atoms with Gasteiger partial charge in [-0.3, -0.25) is 9.79 Å². The second kappa shape index (κ2) is 11.3. The number of hydrogen-bond acceptors (Lipinski definition) is 5. The summed E-state index contributed by atoms with van der Waals surface area (Å²) in [5, 5.41) is 6.66. The minimum absolute atomic E-state index is 0.0289. The summed E-state index contributed by atoms with van der Waals surface area (Å²) in [5.74, 6) is 1.71. The maximum Gasteiger partial charge on any atom is 0.225 e. The average molecular weight is 512 g/mol. The number of hydrogen-bond donors (Lipinski definition) is 3. The lowest BCUT2D eigenvalue weighted by Gasteiger charge is -2.32. The van der Waals surface area contributed by atoms with E-state index in [2.05, 4.69) is 66.4 Å². The Hall–Kier alpha value is -3.09. The first-order valence-corrected chi connectivity index (χ1v) is 14.1. The van der Waals surface area contributed by atoms with Crippen LogP contribution in [0.5, 0.6) is 0 Å². The molecule has 0 radical (unpaired) electrons. The number of fused-ring (bicyclic) bond motifs is 2. The third kappa shape index (κ3) is 4.99. The van der Waals surface area contributed by atoms with Gasteiger partial charge >= 0.3 is 0 Å². The molecule has 4 aliphatic rings. The van der Waals surface area contributed by atoms with Crippen molar-refractivity contribution < 1.29 is 4.79 Å². The van der Waals surface area contributed by atoms with E-state index in [0.29, 0.717) is 42.6 Å². The van der Waals surface area contributed by atoms with Gasteiger partial charge < -0.3 is 16.4 Å². The maximum absolute atomic E-state index is 11.7. The van der Waals surface area contributed by atoms with Gasteiger partial charge in [0.2, 0.25) is 5.91 Å². The topological polar surface area (TPSA) is 92.4 Å². The number of carbonyl (C=O) groups excluding carboxylic acids is 1. The predicted octanol–water partition coefficient (Wildman–Crippen LogP) is 5.25. The van der Waals surface area contributed by atoms with Crippen LogP contribution in [0.2, 0.25) is 0 Å². The monoisotopic (exact) mass is 511 g/mol. The molecule has 2 aliphatic heterocycles. The average Bonchev–Trinajstić information content (AvgIpc) is 3.06. The van der Waals surface area contributed by atoms with Gasteiger partial charge in [-0.1, -0.05) is 67.5 Å². The van der Waals surface area contributed by atoms with Crippen molar-refractivity contribution in [3.05, 3.63) is 82.6 Å². The number of aromatic nitrogens is 1. The third-order valence-corrected chi connectivity index (χ3v) is 8.77. The zero-order valence-electron chi connectivity index (χ0n) is 23.0. The van der Waals surface area contributed by atoms with Gasteiger partial charge in [0.05, 0.1) is 12.3 Å². The highest BCUT2D eigenvalue weighted by molar-refractivity contribution is 6.16. The Bertz CT molecular complexity index is 1250. The second-order valence-electron chi connectivity index (χ2n) is 11.0. The van der Waals surface area contributed by atoms with Gasteiger partial charge in [-0.05, 0) is 68.0 Å². The number of pyridine rings is 1. The van der Waals surface area contributed by atoms with Crippen molar-refractivity contribution >= 4 is 17.4 Å². The summed E-state index contributed by atoms with van der Waals surface area (Å²) >= 11 is 0. The summed E-state index contributed by atoms with van der Waals surface area (Å²) in [5.41, 5.74) is 15.1. The molecule has 1 amide bonds. The molecule has 200 valence electrons. The number of rotatable bonds is 7. The molecule has 0 spiro atoms. The zero-order valence-corrected chi connectivity index (χ0v) is 23.0. The van der Waals surface area contributed by atoms with Crippen molar-refractivity contribution in [2.45, 2.75) is 58.4 Å². The minimum atomic E-state index is -0.0289. The number of aliphatic imine (C=N–C) groups is 1. The lowest BCUT2D eigenvalue weighted by Crippen LogP contribution is -2.36. The lowest BCUT2D eigenvalue weighted by molar-refractivity contribution is -0.115. The highest BCUT2D eigenvalue weighted by atomic mass is 16.1. The Labute approximate surface area is 227 Å². The van der Waals surface area contributed by atoms with Gasteiger partial charge in [0, 0.05) is 36.4 Å². The quantitative estimate of drug-likeness (QED) is 0.436. The van der Waals surface area contributed by atoms with E-state index >= 15 is 0 Å². The van der Waals surface area contributed by atoms with Crippen molar-refractivity contribution in [1.82, 2.24) is 10.3 Å². The number of dihydropyridines is 1. The molecule has 1 fully saturated rings. The number of nitrogens with two attached hydrogens (primary N) is 1. The minimum Gasteiger partial charge on any atom is -0.330 e. The van der Waals surface area contributed by atoms with E-state index in [-0.39, 0.29) is 11.8 Å². The summed E-state index contributed by atoms with van der Waals surface area (Å²) in [6.07, 6.45) is 14.7. The first kappa shape index (κ1) is 26.5. The van der Waals surface area contributed by atoms with Gasteiger partial charge in [-0.15, -0.1) is 0 Å². The molecule has 3 heterocycles. The van der Waals surface area contributed by atoms with Crippen LogP contribution in [0, 0.1) is 17.8 Å². The maximum atomic E-state index is 11.7. The Balaban J connectivity index is 1.48. The first-order valence-electron chi connectivity index (χ1n) is 14.1. The molecule has 1 saturated carbocycles. The van der Waals surface area contributed by atoms with E-state index in [1.54, 1.807) is 5.57 Å². The molecule has 1 aromatic rings. The summed E-state index contributed by atoms with van der Waals surface area (Å²) in [4.78, 5) is 21.3. The molecule has 0 aromatic carbocycles. The number of anilines is 1. The number of amides is 1. The molecule has 6 nitrogen and oxygen atoms in total. The molecular formula is C32H41N5O. The fourth-order valence-corrected chi connectivity index (χ4v) is 6.67. The highest BCUT2D eigenvalue weighted by Crippen LogP contribution is 2.49. The van der Waals surface area contributed by atoms with E-state index in [4.69, 9.17) is 10.7 Å². The molecule has 6 heteroatoms. The summed E-state index contributed by atoms with van der Waals surface area (Å²) in [7, 11) is 0. The highest BCUT2D eigenvalue weighted by Gasteiger charge is 2.43. The van der Waals surface area contributed by atoms with Crippen LogP contribution in [0.1, 0.15) is 57.9 Å². The van der Waals surface area contributed by atoms with Crippen LogP contribution in [-0.2, 0) is 4.79 Å². The van der Waals surface area contributed by atoms with Crippen molar-refractivity contribution in [3.8, 4) is 0 Å². The van der Waals surface area contributed by atoms with E-state index < -0.39 is 0 Å². The van der Waals surface area contributed by atoms with E-state index in [1.807, 2.05) is 19.2 Å². The first-order chi connectivity index (χ1) is 18.4. The van der Waals surface area contributed by atoms with E-state index in [0.717, 1.165) is 49.2 Å². The van der Waals surface area contributed by atoms with Crippen molar-refractivity contribution in [2.24, 2.45) is 28.5 Å². The number of nitrogens with one attached hydrogen (secondary N) is 2. The van der Waals surface area contributed by atoms with Crippen LogP contribution in [0.3, 0.4) is 0 Å². The van der Waals surface area contributed by atoms with Crippen LogP contribution in [0.4, 0.5) is 5.82 Å². The molecule has 38 heavy (non-hydrogen) atoms. The van der Waals surface area contributed by atoms with Gasteiger partial charge in [0.15, 0.2) is 0 Å². The zero-order chi connectivity index (χ0) is 26.8. The van der Waals surface area contributed by atoms with Gasteiger partial charge in [-0.2, -0.15) is 0 Å². The van der Waals surface area contributed by atoms with Crippen LogP contribution in [0.25, 0.3) is 0 Å². The summed E-state index contributed by atoms with van der Waals surface area (Å²) in [6.45, 7) is 13.4. The van der Waals surface area contributed by atoms with Crippen LogP contribution in [0.15, 0.2) is 82.1 Å². The predicted molar refractivity (Wildman–Crippen MR) is 156 cm³/mol. The number of allylic oxidation sites excluding steroid dienone is 4. The molecule has 0 saturated heterocycles. The van der Waals surface area contributed by atoms with Crippen molar-refractivity contribution in [2.75, 3.05) is 25.0 Å². The van der Waals surface area contributed by atoms with Gasteiger partial charge in [0.25, 0.3) is 0 Å². The molecule has 0 bridgehead atoms. The Kier molecular flexibility index (Phi) is 7.91. The number of carbonyl (C=O) groups is 1. The molecule has 4 N–H and O–H groups in total. The number of nitrogens with zero attached hydrogens (tertiary/aromatic N) is 2. The fraction of sp³-hybridized carbons (Fsp3) is 0.469. The van der Waals surface area contributed by atoms with Gasteiger partial charge in [0.1, 0.15) is 5.82 Å². The Morgan fingerprint density at radius 1 is 1.29 bits per heavy atom. The molecule has 3 unspecified atom stereocenters. The van der Waals surface area contributed by atoms with Crippen LogP contribution >= 0.6 is 0 Å². The molecule has 5 rings (SSSR count). The molecule has 1 aromatic heterocycles. The van der Waals surface area contributed by atoms with E-state index in [1.165, 1.54) is 16.7 Å². The Morgan fingerprint density at radius 2 is 2.13 bits per heavy atom. The normalized spacial score (nSPS) is 28.7. The molecule has 5 atom stereocenters. The largest absolute Gasteiger partial charge is 0.330 e. The third-order valence-electron chi connectivity index (χ3n) is 8.77. The SMILES string of the molecule is C=C1C2=NCC(c3ccc(NC(=O)CC)nc3)C=C2[C@@H](C2=C(C)C3C(CCCN)=CC=CC3NCC2)[C@H]1C. The van der Waals surface area contributed by atoms with Crippen LogP contribution in [-0.4, -0.2) is 42.3 Å². The van der Waals surface area contributed by atoms with Crippen molar-refractivity contribution in [1.29, 1.82) is 0 Å². The smallest absolute Gasteiger partial charge is 0.225 e. The molecular weight excluding hydrogens is 470 g/mol. The van der Waals surface area contributed by atoms with Crippen LogP contribution < -0.4 is 16.4 Å². The standard InChI is InChI=1S/C32H41N5O/c1-5-29(38)37-28-12-11-23(17-35-28)24-16-26-31(19(2)20(3)32(26)36-18-24)25-13-15-34-27-10-6-8-22(9-7-14-33)30(27)21(25)4/h6,8,10-12,16-17,19,24,27,30-31,34H,3,5,7,9,13-15,18,33H2,1-2,4H3,(H,35,37,38)/t19-,24?,27?,30?,31+/m0/s1. The van der Waals surface area contributed by atoms with Gasteiger partial charge in [-0.25, -0.2) is 4.98 Å². The lowest BCUT2D eigenvalue weighted by atomic mass is 9.74. The molecule has 2 aliphatic carbocycles. The summed E-state index contributed by atoms with van der Waals surface area (Å²) < 4.78 is 0. The van der Waals surface area contributed by atoms with E-state index in [9.17, 15) is 4.79 Å². The Morgan fingerprint density at radius 3 is 2.87 bits per heavy atom.